The Labute approximate surface area is 106 Å². The van der Waals surface area contributed by atoms with Crippen LogP contribution in [0.3, 0.4) is 0 Å². The number of ether oxygens (including phenoxy) is 1. The molecule has 0 heterocycles. The average molecular weight is 282 g/mol. The second kappa shape index (κ2) is 5.56. The summed E-state index contributed by atoms with van der Waals surface area (Å²) < 4.78 is 68.4. The molecule has 0 aliphatic carbocycles. The van der Waals surface area contributed by atoms with Gasteiger partial charge >= 0.3 is 12.1 Å². The first-order valence-corrected chi connectivity index (χ1v) is 5.14. The Morgan fingerprint density at radius 3 is 2.05 bits per heavy atom. The van der Waals surface area contributed by atoms with Crippen LogP contribution in [0.25, 0.3) is 5.57 Å². The fourth-order valence-electron chi connectivity index (χ4n) is 1.44. The van der Waals surface area contributed by atoms with Crippen LogP contribution in [0.5, 0.6) is 5.75 Å². The van der Waals surface area contributed by atoms with E-state index in [1.165, 1.54) is 19.2 Å². The second-order valence-electron chi connectivity index (χ2n) is 3.60. The zero-order valence-corrected chi connectivity index (χ0v) is 9.84. The Hall–Kier alpha value is -1.63. The van der Waals surface area contributed by atoms with Crippen LogP contribution in [0.15, 0.2) is 30.3 Å². The van der Waals surface area contributed by atoms with Gasteiger partial charge in [-0.15, -0.1) is 0 Å². The quantitative estimate of drug-likeness (QED) is 0.859. The molecule has 1 aromatic carbocycles. The van der Waals surface area contributed by atoms with Gasteiger partial charge in [0.25, 0.3) is 0 Å². The van der Waals surface area contributed by atoms with Crippen LogP contribution in [0, 0.1) is 0 Å². The molecule has 1 aromatic rings. The Morgan fingerprint density at radius 1 is 1.16 bits per heavy atom. The third kappa shape index (κ3) is 3.23. The molecule has 0 fully saturated rings. The highest BCUT2D eigenvalue weighted by Gasteiger charge is 2.60. The van der Waals surface area contributed by atoms with Gasteiger partial charge in [-0.25, -0.2) is 0 Å². The molecule has 0 amide bonds. The number of hydrogen-bond acceptors (Lipinski definition) is 2. The predicted octanol–water partition coefficient (Wildman–Crippen LogP) is 3.27. The van der Waals surface area contributed by atoms with Gasteiger partial charge in [-0.3, -0.25) is 0 Å². The lowest BCUT2D eigenvalue weighted by Crippen LogP contribution is -2.37. The van der Waals surface area contributed by atoms with Crippen molar-refractivity contribution in [3.63, 3.8) is 0 Å². The van der Waals surface area contributed by atoms with E-state index in [0.29, 0.717) is 11.8 Å². The average Bonchev–Trinajstić information content (AvgIpc) is 2.34. The third-order valence-electron chi connectivity index (χ3n) is 2.39. The molecule has 0 aromatic heterocycles. The van der Waals surface area contributed by atoms with Crippen molar-refractivity contribution < 1.29 is 31.8 Å². The normalized spacial score (nSPS) is 13.5. The number of aliphatic hydroxyl groups is 1. The summed E-state index contributed by atoms with van der Waals surface area (Å²) in [5.41, 5.74) is -1.62. The summed E-state index contributed by atoms with van der Waals surface area (Å²) in [6.07, 6.45) is -5.29. The Morgan fingerprint density at radius 2 is 1.68 bits per heavy atom. The summed E-state index contributed by atoms with van der Waals surface area (Å²) in [6, 6.07) is 4.65. The lowest BCUT2D eigenvalue weighted by Gasteiger charge is -2.23. The minimum absolute atomic E-state index is 0.322. The third-order valence-corrected chi connectivity index (χ3v) is 2.39. The van der Waals surface area contributed by atoms with Crippen molar-refractivity contribution in [3.05, 3.63) is 35.9 Å². The lowest BCUT2D eigenvalue weighted by molar-refractivity contribution is -0.254. The van der Waals surface area contributed by atoms with Gasteiger partial charge < -0.3 is 9.84 Å². The van der Waals surface area contributed by atoms with E-state index < -0.39 is 24.3 Å². The molecular weight excluding hydrogens is 271 g/mol. The van der Waals surface area contributed by atoms with E-state index in [0.717, 1.165) is 12.1 Å². The van der Waals surface area contributed by atoms with E-state index in [1.807, 2.05) is 0 Å². The van der Waals surface area contributed by atoms with Gasteiger partial charge in [0, 0.05) is 5.57 Å². The minimum Gasteiger partial charge on any atom is -0.497 e. The first kappa shape index (κ1) is 15.4. The smallest absolute Gasteiger partial charge is 0.458 e. The molecule has 1 N–H and O–H groups in total. The molecule has 0 spiro atoms. The summed E-state index contributed by atoms with van der Waals surface area (Å²) in [5.74, 6) is -4.72. The monoisotopic (exact) mass is 282 g/mol. The number of alkyl halides is 5. The van der Waals surface area contributed by atoms with Crippen molar-refractivity contribution in [1.29, 1.82) is 0 Å². The number of rotatable bonds is 4. The number of aliphatic hydroxyl groups excluding tert-OH is 1. The van der Waals surface area contributed by atoms with Gasteiger partial charge in [-0.2, -0.15) is 22.0 Å². The molecule has 0 aliphatic heterocycles. The van der Waals surface area contributed by atoms with E-state index >= 15 is 0 Å². The van der Waals surface area contributed by atoms with Crippen molar-refractivity contribution in [3.8, 4) is 5.75 Å². The molecule has 0 atom stereocenters. The molecular formula is C12H11F5O2. The molecule has 19 heavy (non-hydrogen) atoms. The largest absolute Gasteiger partial charge is 0.497 e. The summed E-state index contributed by atoms with van der Waals surface area (Å²) in [4.78, 5) is 0. The molecule has 0 radical (unpaired) electrons. The van der Waals surface area contributed by atoms with Crippen molar-refractivity contribution in [1.82, 2.24) is 0 Å². The first-order chi connectivity index (χ1) is 8.74. The van der Waals surface area contributed by atoms with E-state index in [1.54, 1.807) is 0 Å². The Kier molecular flexibility index (Phi) is 4.52. The number of halogens is 5. The lowest BCUT2D eigenvalue weighted by atomic mass is 9.98. The van der Waals surface area contributed by atoms with Gasteiger partial charge in [0.15, 0.2) is 0 Å². The van der Waals surface area contributed by atoms with Crippen molar-refractivity contribution in [2.75, 3.05) is 13.7 Å². The highest BCUT2D eigenvalue weighted by Crippen LogP contribution is 2.45. The summed E-state index contributed by atoms with van der Waals surface area (Å²) in [6.45, 7) is -0.924. The van der Waals surface area contributed by atoms with Crippen molar-refractivity contribution in [2.24, 2.45) is 0 Å². The zero-order valence-electron chi connectivity index (χ0n) is 9.84. The topological polar surface area (TPSA) is 29.5 Å². The van der Waals surface area contributed by atoms with E-state index in [-0.39, 0.29) is 5.56 Å². The molecule has 7 heteroatoms. The van der Waals surface area contributed by atoms with Gasteiger partial charge in [0.1, 0.15) is 5.75 Å². The maximum atomic E-state index is 13.3. The van der Waals surface area contributed by atoms with Gasteiger partial charge in [0.2, 0.25) is 0 Å². The standard InChI is InChI=1S/C12H11F5O2/c1-19-9-4-2-8(3-5-9)10(6-7-18)11(13,14)12(15,16)17/h2-6,18H,7H2,1H3/b10-6+. The zero-order chi connectivity index (χ0) is 14.7. The maximum Gasteiger partial charge on any atom is 0.458 e. The van der Waals surface area contributed by atoms with E-state index in [9.17, 15) is 22.0 Å². The maximum absolute atomic E-state index is 13.3. The number of benzene rings is 1. The summed E-state index contributed by atoms with van der Waals surface area (Å²) >= 11 is 0. The minimum atomic E-state index is -5.73. The summed E-state index contributed by atoms with van der Waals surface area (Å²) in [7, 11) is 1.34. The molecule has 2 nitrogen and oxygen atoms in total. The van der Waals surface area contributed by atoms with Crippen LogP contribution >= 0.6 is 0 Å². The van der Waals surface area contributed by atoms with Crippen molar-refractivity contribution >= 4 is 5.57 Å². The highest BCUT2D eigenvalue weighted by molar-refractivity contribution is 5.72. The molecule has 0 bridgehead atoms. The molecule has 0 aliphatic rings. The van der Waals surface area contributed by atoms with Crippen LogP contribution in [-0.4, -0.2) is 30.9 Å². The van der Waals surface area contributed by atoms with Crippen LogP contribution in [0.4, 0.5) is 22.0 Å². The first-order valence-electron chi connectivity index (χ1n) is 5.14. The molecule has 0 saturated carbocycles. The van der Waals surface area contributed by atoms with Gasteiger partial charge in [-0.1, -0.05) is 12.1 Å². The fourth-order valence-corrected chi connectivity index (χ4v) is 1.44. The van der Waals surface area contributed by atoms with Crippen LogP contribution in [-0.2, 0) is 0 Å². The molecule has 0 saturated heterocycles. The van der Waals surface area contributed by atoms with Gasteiger partial charge in [-0.05, 0) is 23.8 Å². The Bertz CT molecular complexity index is 448. The van der Waals surface area contributed by atoms with Crippen molar-refractivity contribution in [2.45, 2.75) is 12.1 Å². The number of allylic oxidation sites excluding steroid dienone is 1. The summed E-state index contributed by atoms with van der Waals surface area (Å²) in [5, 5.41) is 8.63. The van der Waals surface area contributed by atoms with E-state index in [2.05, 4.69) is 0 Å². The SMILES string of the molecule is COc1ccc(/C(=C\CO)C(F)(F)C(F)(F)F)cc1. The highest BCUT2D eigenvalue weighted by atomic mass is 19.4. The number of hydrogen-bond donors (Lipinski definition) is 1. The fraction of sp³-hybridized carbons (Fsp3) is 0.333. The Balaban J connectivity index is 3.25. The number of methoxy groups -OCH3 is 1. The molecule has 0 unspecified atom stereocenters. The molecule has 106 valence electrons. The van der Waals surface area contributed by atoms with E-state index in [4.69, 9.17) is 9.84 Å². The second-order valence-corrected chi connectivity index (χ2v) is 3.60. The van der Waals surface area contributed by atoms with Gasteiger partial charge in [0.05, 0.1) is 13.7 Å². The predicted molar refractivity (Wildman–Crippen MR) is 59.1 cm³/mol. The van der Waals surface area contributed by atoms with Crippen LogP contribution in [0.1, 0.15) is 5.56 Å². The molecule has 1 rings (SSSR count). The van der Waals surface area contributed by atoms with Crippen LogP contribution < -0.4 is 4.74 Å². The van der Waals surface area contributed by atoms with Crippen LogP contribution in [0.2, 0.25) is 0 Å².